The highest BCUT2D eigenvalue weighted by molar-refractivity contribution is 6.07. The van der Waals surface area contributed by atoms with E-state index >= 15 is 0 Å². The van der Waals surface area contributed by atoms with Crippen molar-refractivity contribution in [3.05, 3.63) is 29.8 Å². The van der Waals surface area contributed by atoms with E-state index in [-0.39, 0.29) is 11.8 Å². The highest BCUT2D eigenvalue weighted by Gasteiger charge is 2.56. The van der Waals surface area contributed by atoms with Crippen LogP contribution in [0.15, 0.2) is 24.3 Å². The predicted octanol–water partition coefficient (Wildman–Crippen LogP) is 2.01. The van der Waals surface area contributed by atoms with Crippen LogP contribution < -0.4 is 15.4 Å². The molecule has 1 aliphatic carbocycles. The normalized spacial score (nSPS) is 15.0. The molecule has 0 unspecified atom stereocenters. The SMILES string of the molecule is CCCCNC(=O)C1(C(=O)NCc2ccc(OC)cc2)CC1. The summed E-state index contributed by atoms with van der Waals surface area (Å²) in [6.07, 6.45) is 3.24. The number of carbonyl (C=O) groups is 2. The molecule has 5 nitrogen and oxygen atoms in total. The summed E-state index contributed by atoms with van der Waals surface area (Å²) < 4.78 is 5.10. The summed E-state index contributed by atoms with van der Waals surface area (Å²) in [6, 6.07) is 7.51. The van der Waals surface area contributed by atoms with Crippen LogP contribution in [0.3, 0.4) is 0 Å². The van der Waals surface area contributed by atoms with Crippen LogP contribution in [0.25, 0.3) is 0 Å². The quantitative estimate of drug-likeness (QED) is 0.570. The van der Waals surface area contributed by atoms with Crippen molar-refractivity contribution < 1.29 is 14.3 Å². The fourth-order valence-electron chi connectivity index (χ4n) is 2.33. The smallest absolute Gasteiger partial charge is 0.235 e. The number of nitrogens with one attached hydrogen (secondary N) is 2. The van der Waals surface area contributed by atoms with Crippen LogP contribution in [0.4, 0.5) is 0 Å². The molecule has 120 valence electrons. The lowest BCUT2D eigenvalue weighted by atomic mass is 10.0. The molecule has 1 aliphatic rings. The van der Waals surface area contributed by atoms with Gasteiger partial charge in [0.15, 0.2) is 0 Å². The Kier molecular flexibility index (Phi) is 5.41. The Morgan fingerprint density at radius 1 is 1.14 bits per heavy atom. The Morgan fingerprint density at radius 2 is 1.77 bits per heavy atom. The van der Waals surface area contributed by atoms with Gasteiger partial charge in [0.05, 0.1) is 7.11 Å². The lowest BCUT2D eigenvalue weighted by Gasteiger charge is -2.15. The van der Waals surface area contributed by atoms with Crippen molar-refractivity contribution in [2.75, 3.05) is 13.7 Å². The van der Waals surface area contributed by atoms with Gasteiger partial charge in [-0.2, -0.15) is 0 Å². The Morgan fingerprint density at radius 3 is 2.32 bits per heavy atom. The predicted molar refractivity (Wildman–Crippen MR) is 84.4 cm³/mol. The summed E-state index contributed by atoms with van der Waals surface area (Å²) >= 11 is 0. The molecule has 0 aromatic heterocycles. The summed E-state index contributed by atoms with van der Waals surface area (Å²) in [7, 11) is 1.62. The van der Waals surface area contributed by atoms with Crippen LogP contribution in [-0.2, 0) is 16.1 Å². The van der Waals surface area contributed by atoms with Gasteiger partial charge in [-0.25, -0.2) is 0 Å². The van der Waals surface area contributed by atoms with Crippen molar-refractivity contribution in [1.82, 2.24) is 10.6 Å². The average Bonchev–Trinajstić information content (AvgIpc) is 3.35. The van der Waals surface area contributed by atoms with Gasteiger partial charge in [-0.1, -0.05) is 25.5 Å². The maximum atomic E-state index is 12.3. The summed E-state index contributed by atoms with van der Waals surface area (Å²) in [5, 5.41) is 5.73. The Labute approximate surface area is 131 Å². The monoisotopic (exact) mass is 304 g/mol. The van der Waals surface area contributed by atoms with E-state index in [9.17, 15) is 9.59 Å². The van der Waals surface area contributed by atoms with Gasteiger partial charge < -0.3 is 15.4 Å². The third-order valence-electron chi connectivity index (χ3n) is 4.05. The molecule has 1 saturated carbocycles. The minimum absolute atomic E-state index is 0.131. The van der Waals surface area contributed by atoms with Gasteiger partial charge in [-0.3, -0.25) is 9.59 Å². The molecule has 5 heteroatoms. The van der Waals surface area contributed by atoms with Crippen LogP contribution in [0, 0.1) is 5.41 Å². The number of methoxy groups -OCH3 is 1. The molecule has 0 bridgehead atoms. The molecule has 1 aromatic carbocycles. The first-order valence-electron chi connectivity index (χ1n) is 7.82. The second-order valence-corrected chi connectivity index (χ2v) is 5.72. The van der Waals surface area contributed by atoms with Crippen LogP contribution in [0.1, 0.15) is 38.2 Å². The molecule has 0 spiro atoms. The minimum Gasteiger partial charge on any atom is -0.497 e. The largest absolute Gasteiger partial charge is 0.497 e. The minimum atomic E-state index is -0.833. The standard InChI is InChI=1S/C17H24N2O3/c1-3-4-11-18-15(20)17(9-10-17)16(21)19-12-13-5-7-14(22-2)8-6-13/h5-8H,3-4,9-12H2,1-2H3,(H,18,20)(H,19,21). The fraction of sp³-hybridized carbons (Fsp3) is 0.529. The molecule has 2 rings (SSSR count). The number of rotatable bonds is 8. The van der Waals surface area contributed by atoms with Crippen LogP contribution in [0.2, 0.25) is 0 Å². The molecule has 2 amide bonds. The van der Waals surface area contributed by atoms with Gasteiger partial charge in [0.2, 0.25) is 11.8 Å². The maximum Gasteiger partial charge on any atom is 0.235 e. The highest BCUT2D eigenvalue weighted by atomic mass is 16.5. The van der Waals surface area contributed by atoms with Crippen LogP contribution in [-0.4, -0.2) is 25.5 Å². The second-order valence-electron chi connectivity index (χ2n) is 5.72. The number of unbranched alkanes of at least 4 members (excludes halogenated alkanes) is 1. The Bertz CT molecular complexity index is 521. The summed E-state index contributed by atoms with van der Waals surface area (Å²) in [5.41, 5.74) is 0.150. The van der Waals surface area contributed by atoms with E-state index in [0.29, 0.717) is 25.9 Å². The zero-order valence-electron chi connectivity index (χ0n) is 13.3. The fourth-order valence-corrected chi connectivity index (χ4v) is 2.33. The zero-order chi connectivity index (χ0) is 16.0. The van der Waals surface area contributed by atoms with Gasteiger partial charge >= 0.3 is 0 Å². The molecule has 0 heterocycles. The molecule has 0 atom stereocenters. The zero-order valence-corrected chi connectivity index (χ0v) is 13.3. The third-order valence-corrected chi connectivity index (χ3v) is 4.05. The van der Waals surface area contributed by atoms with Crippen molar-refractivity contribution in [3.63, 3.8) is 0 Å². The molecule has 0 aliphatic heterocycles. The summed E-state index contributed by atoms with van der Waals surface area (Å²) in [6.45, 7) is 3.14. The first-order chi connectivity index (χ1) is 10.6. The van der Waals surface area contributed by atoms with Crippen molar-refractivity contribution in [3.8, 4) is 5.75 Å². The highest BCUT2D eigenvalue weighted by Crippen LogP contribution is 2.46. The summed E-state index contributed by atoms with van der Waals surface area (Å²) in [5.74, 6) is 0.481. The number of amides is 2. The first kappa shape index (κ1) is 16.3. The lowest BCUT2D eigenvalue weighted by molar-refractivity contribution is -0.137. The molecular weight excluding hydrogens is 280 g/mol. The van der Waals surface area contributed by atoms with Gasteiger partial charge in [-0.05, 0) is 37.0 Å². The van der Waals surface area contributed by atoms with E-state index in [1.807, 2.05) is 24.3 Å². The van der Waals surface area contributed by atoms with Crippen molar-refractivity contribution in [1.29, 1.82) is 0 Å². The van der Waals surface area contributed by atoms with Crippen molar-refractivity contribution in [2.24, 2.45) is 5.41 Å². The van der Waals surface area contributed by atoms with E-state index in [4.69, 9.17) is 4.74 Å². The van der Waals surface area contributed by atoms with Gasteiger partial charge in [0.1, 0.15) is 11.2 Å². The average molecular weight is 304 g/mol. The molecule has 0 radical (unpaired) electrons. The Balaban J connectivity index is 1.84. The molecule has 1 aromatic rings. The van der Waals surface area contributed by atoms with E-state index in [1.165, 1.54) is 0 Å². The third kappa shape index (κ3) is 3.78. The molecular formula is C17H24N2O3. The number of carbonyl (C=O) groups excluding carboxylic acids is 2. The topological polar surface area (TPSA) is 67.4 Å². The van der Waals surface area contributed by atoms with E-state index in [0.717, 1.165) is 24.2 Å². The van der Waals surface area contributed by atoms with Crippen molar-refractivity contribution in [2.45, 2.75) is 39.2 Å². The van der Waals surface area contributed by atoms with Crippen LogP contribution in [0.5, 0.6) is 5.75 Å². The number of benzene rings is 1. The molecule has 22 heavy (non-hydrogen) atoms. The second kappa shape index (κ2) is 7.29. The molecule has 0 saturated heterocycles. The van der Waals surface area contributed by atoms with Gasteiger partial charge in [0, 0.05) is 13.1 Å². The Hall–Kier alpha value is -2.04. The summed E-state index contributed by atoms with van der Waals surface area (Å²) in [4.78, 5) is 24.5. The molecule has 2 N–H and O–H groups in total. The first-order valence-corrected chi connectivity index (χ1v) is 7.82. The van der Waals surface area contributed by atoms with E-state index in [1.54, 1.807) is 7.11 Å². The number of ether oxygens (including phenoxy) is 1. The van der Waals surface area contributed by atoms with Gasteiger partial charge in [0.25, 0.3) is 0 Å². The van der Waals surface area contributed by atoms with E-state index in [2.05, 4.69) is 17.6 Å². The lowest BCUT2D eigenvalue weighted by Crippen LogP contribution is -2.43. The number of hydrogen-bond acceptors (Lipinski definition) is 3. The maximum absolute atomic E-state index is 12.3. The van der Waals surface area contributed by atoms with Crippen molar-refractivity contribution >= 4 is 11.8 Å². The van der Waals surface area contributed by atoms with E-state index < -0.39 is 5.41 Å². The molecule has 1 fully saturated rings. The van der Waals surface area contributed by atoms with Gasteiger partial charge in [-0.15, -0.1) is 0 Å². The number of hydrogen-bond donors (Lipinski definition) is 2. The van der Waals surface area contributed by atoms with Crippen LogP contribution >= 0.6 is 0 Å².